The lowest BCUT2D eigenvalue weighted by molar-refractivity contribution is 0.102. The molecule has 0 spiro atoms. The van der Waals surface area contributed by atoms with E-state index < -0.39 is 0 Å². The number of thiophene rings is 1. The van der Waals surface area contributed by atoms with Crippen molar-refractivity contribution < 1.29 is 14.3 Å². The first kappa shape index (κ1) is 18.7. The Morgan fingerprint density at radius 2 is 2.15 bits per heavy atom. The summed E-state index contributed by atoms with van der Waals surface area (Å²) in [5.74, 6) is 0.773. The number of hydrogen-bond donors (Lipinski definition) is 1. The SMILES string of the molecule is CCOc1c(Br)cc(C(=O)Nc2sc3c(c2C#N)CCCC3)cc1OC. The molecule has 0 bridgehead atoms. The third-order valence-corrected chi connectivity index (χ3v) is 6.09. The molecule has 1 amide bonds. The van der Waals surface area contributed by atoms with E-state index in [-0.39, 0.29) is 5.91 Å². The highest BCUT2D eigenvalue weighted by molar-refractivity contribution is 9.10. The van der Waals surface area contributed by atoms with E-state index in [0.717, 1.165) is 31.2 Å². The maximum absolute atomic E-state index is 12.8. The Labute approximate surface area is 165 Å². The Balaban J connectivity index is 1.91. The topological polar surface area (TPSA) is 71.3 Å². The van der Waals surface area contributed by atoms with Gasteiger partial charge in [0, 0.05) is 10.4 Å². The molecule has 5 nitrogen and oxygen atoms in total. The first-order valence-electron chi connectivity index (χ1n) is 8.45. The molecular weight excluding hydrogens is 416 g/mol. The molecular formula is C19H19BrN2O3S. The molecule has 0 saturated carbocycles. The van der Waals surface area contributed by atoms with Crippen LogP contribution >= 0.6 is 27.3 Å². The molecule has 2 aromatic rings. The van der Waals surface area contributed by atoms with E-state index in [4.69, 9.17) is 9.47 Å². The van der Waals surface area contributed by atoms with Gasteiger partial charge >= 0.3 is 0 Å². The molecule has 1 N–H and O–H groups in total. The summed E-state index contributed by atoms with van der Waals surface area (Å²) in [6.07, 6.45) is 4.11. The predicted octanol–water partition coefficient (Wildman–Crippen LogP) is 4.92. The summed E-state index contributed by atoms with van der Waals surface area (Å²) in [6, 6.07) is 5.60. The fourth-order valence-corrected chi connectivity index (χ4v) is 4.87. The molecule has 1 aliphatic rings. The number of amides is 1. The van der Waals surface area contributed by atoms with Crippen LogP contribution in [0.3, 0.4) is 0 Å². The minimum atomic E-state index is -0.276. The quantitative estimate of drug-likeness (QED) is 0.724. The van der Waals surface area contributed by atoms with Crippen LogP contribution in [0.5, 0.6) is 11.5 Å². The van der Waals surface area contributed by atoms with E-state index in [0.29, 0.717) is 38.7 Å². The molecule has 0 radical (unpaired) electrons. The number of nitrogens with zero attached hydrogens (tertiary/aromatic N) is 1. The van der Waals surface area contributed by atoms with Gasteiger partial charge in [-0.15, -0.1) is 11.3 Å². The molecule has 0 atom stereocenters. The van der Waals surface area contributed by atoms with Crippen LogP contribution in [0.2, 0.25) is 0 Å². The standard InChI is InChI=1S/C19H19BrN2O3S/c1-3-25-17-14(20)8-11(9-15(17)24-2)18(23)22-19-13(10-21)12-6-4-5-7-16(12)26-19/h8-9H,3-7H2,1-2H3,(H,22,23). The van der Waals surface area contributed by atoms with Gasteiger partial charge in [-0.25, -0.2) is 0 Å². The highest BCUT2D eigenvalue weighted by Crippen LogP contribution is 2.39. The van der Waals surface area contributed by atoms with E-state index in [9.17, 15) is 10.1 Å². The van der Waals surface area contributed by atoms with Crippen molar-refractivity contribution in [2.75, 3.05) is 19.0 Å². The predicted molar refractivity (Wildman–Crippen MR) is 105 cm³/mol. The molecule has 136 valence electrons. The number of aryl methyl sites for hydroxylation is 1. The molecule has 0 fully saturated rings. The lowest BCUT2D eigenvalue weighted by Gasteiger charge is -2.13. The number of carbonyl (C=O) groups excluding carboxylic acids is 1. The number of halogens is 1. The van der Waals surface area contributed by atoms with Crippen LogP contribution in [0, 0.1) is 11.3 Å². The second kappa shape index (κ2) is 8.11. The van der Waals surface area contributed by atoms with Crippen molar-refractivity contribution in [3.8, 4) is 17.6 Å². The van der Waals surface area contributed by atoms with E-state index in [2.05, 4.69) is 27.3 Å². The first-order chi connectivity index (χ1) is 12.6. The van der Waals surface area contributed by atoms with Gasteiger partial charge in [-0.3, -0.25) is 4.79 Å². The van der Waals surface area contributed by atoms with Gasteiger partial charge in [0.25, 0.3) is 5.91 Å². The molecule has 7 heteroatoms. The van der Waals surface area contributed by atoms with Crippen molar-refractivity contribution in [2.24, 2.45) is 0 Å². The van der Waals surface area contributed by atoms with Gasteiger partial charge in [0.1, 0.15) is 11.1 Å². The second-order valence-electron chi connectivity index (χ2n) is 5.90. The second-order valence-corrected chi connectivity index (χ2v) is 7.86. The number of rotatable bonds is 5. The number of ether oxygens (including phenoxy) is 2. The number of carbonyl (C=O) groups is 1. The summed E-state index contributed by atoms with van der Waals surface area (Å²) in [5.41, 5.74) is 2.15. The van der Waals surface area contributed by atoms with Crippen LogP contribution < -0.4 is 14.8 Å². The summed E-state index contributed by atoms with van der Waals surface area (Å²) in [7, 11) is 1.53. The minimum absolute atomic E-state index is 0.276. The molecule has 3 rings (SSSR count). The molecule has 1 aromatic heterocycles. The maximum Gasteiger partial charge on any atom is 0.256 e. The monoisotopic (exact) mass is 434 g/mol. The van der Waals surface area contributed by atoms with Crippen LogP contribution in [-0.2, 0) is 12.8 Å². The van der Waals surface area contributed by atoms with Crippen LogP contribution in [0.25, 0.3) is 0 Å². The van der Waals surface area contributed by atoms with Crippen LogP contribution in [0.15, 0.2) is 16.6 Å². The molecule has 0 saturated heterocycles. The fourth-order valence-electron chi connectivity index (χ4n) is 3.08. The number of methoxy groups -OCH3 is 1. The third-order valence-electron chi connectivity index (χ3n) is 4.29. The highest BCUT2D eigenvalue weighted by Gasteiger charge is 2.23. The van der Waals surface area contributed by atoms with Gasteiger partial charge in [0.05, 0.1) is 23.8 Å². The Kier molecular flexibility index (Phi) is 5.84. The number of anilines is 1. The number of fused-ring (bicyclic) bond motifs is 1. The lowest BCUT2D eigenvalue weighted by Crippen LogP contribution is -2.12. The molecule has 0 aliphatic heterocycles. The van der Waals surface area contributed by atoms with Gasteiger partial charge in [-0.1, -0.05) is 0 Å². The molecule has 1 heterocycles. The summed E-state index contributed by atoms with van der Waals surface area (Å²) in [4.78, 5) is 14.0. The highest BCUT2D eigenvalue weighted by atomic mass is 79.9. The zero-order valence-electron chi connectivity index (χ0n) is 14.6. The number of hydrogen-bond acceptors (Lipinski definition) is 5. The smallest absolute Gasteiger partial charge is 0.256 e. The van der Waals surface area contributed by atoms with Crippen molar-refractivity contribution in [1.29, 1.82) is 5.26 Å². The summed E-state index contributed by atoms with van der Waals surface area (Å²) < 4.78 is 11.6. The van der Waals surface area contributed by atoms with Crippen molar-refractivity contribution in [2.45, 2.75) is 32.6 Å². The zero-order chi connectivity index (χ0) is 18.7. The lowest BCUT2D eigenvalue weighted by atomic mass is 9.96. The molecule has 0 unspecified atom stereocenters. The van der Waals surface area contributed by atoms with Crippen LogP contribution in [0.1, 0.15) is 46.1 Å². The maximum atomic E-state index is 12.8. The van der Waals surface area contributed by atoms with Crippen molar-refractivity contribution in [1.82, 2.24) is 0 Å². The molecule has 1 aliphatic carbocycles. The average molecular weight is 435 g/mol. The van der Waals surface area contributed by atoms with E-state index >= 15 is 0 Å². The van der Waals surface area contributed by atoms with E-state index in [1.807, 2.05) is 6.92 Å². The van der Waals surface area contributed by atoms with Crippen LogP contribution in [0.4, 0.5) is 5.00 Å². The van der Waals surface area contributed by atoms with Crippen molar-refractivity contribution >= 4 is 38.2 Å². The number of benzene rings is 1. The Morgan fingerprint density at radius 1 is 1.38 bits per heavy atom. The zero-order valence-corrected chi connectivity index (χ0v) is 17.1. The average Bonchev–Trinajstić information content (AvgIpc) is 3.00. The van der Waals surface area contributed by atoms with Gasteiger partial charge < -0.3 is 14.8 Å². The molecule has 1 aromatic carbocycles. The van der Waals surface area contributed by atoms with Crippen molar-refractivity contribution in [3.05, 3.63) is 38.2 Å². The summed E-state index contributed by atoms with van der Waals surface area (Å²) in [5, 5.41) is 13.1. The van der Waals surface area contributed by atoms with Gasteiger partial charge in [0.2, 0.25) is 0 Å². The van der Waals surface area contributed by atoms with Gasteiger partial charge in [-0.2, -0.15) is 5.26 Å². The Morgan fingerprint density at radius 3 is 2.85 bits per heavy atom. The number of nitriles is 1. The van der Waals surface area contributed by atoms with Gasteiger partial charge in [0.15, 0.2) is 11.5 Å². The largest absolute Gasteiger partial charge is 0.493 e. The minimum Gasteiger partial charge on any atom is -0.493 e. The van der Waals surface area contributed by atoms with E-state index in [1.165, 1.54) is 23.3 Å². The van der Waals surface area contributed by atoms with E-state index in [1.54, 1.807) is 12.1 Å². The summed E-state index contributed by atoms with van der Waals surface area (Å²) in [6.45, 7) is 2.38. The van der Waals surface area contributed by atoms with Crippen LogP contribution in [-0.4, -0.2) is 19.6 Å². The molecule has 26 heavy (non-hydrogen) atoms. The normalized spacial score (nSPS) is 12.8. The van der Waals surface area contributed by atoms with Gasteiger partial charge in [-0.05, 0) is 66.2 Å². The third kappa shape index (κ3) is 3.57. The Hall–Kier alpha value is -2.04. The summed E-state index contributed by atoms with van der Waals surface area (Å²) >= 11 is 4.95. The first-order valence-corrected chi connectivity index (χ1v) is 10.1. The Bertz CT molecular complexity index is 886. The van der Waals surface area contributed by atoms with Crippen molar-refractivity contribution in [3.63, 3.8) is 0 Å². The fraction of sp³-hybridized carbons (Fsp3) is 0.368. The number of nitrogens with one attached hydrogen (secondary N) is 1.